The molecule has 0 aliphatic rings. The first kappa shape index (κ1) is 14.1. The van der Waals surface area contributed by atoms with Crippen molar-refractivity contribution in [3.05, 3.63) is 40.7 Å². The van der Waals surface area contributed by atoms with Gasteiger partial charge in [-0.25, -0.2) is 14.2 Å². The fraction of sp³-hybridized carbons (Fsp3) is 0.154. The quantitative estimate of drug-likeness (QED) is 0.693. The minimum absolute atomic E-state index is 0.0659. The molecule has 0 saturated heterocycles. The Balaban J connectivity index is 2.37. The molecule has 7 heteroatoms. The number of carbonyl (C=O) groups excluding carboxylic acids is 2. The number of benzene rings is 1. The van der Waals surface area contributed by atoms with Crippen molar-refractivity contribution in [1.82, 2.24) is 4.98 Å². The van der Waals surface area contributed by atoms with Crippen LogP contribution in [0.1, 0.15) is 27.1 Å². The lowest BCUT2D eigenvalue weighted by molar-refractivity contribution is 0.0591. The van der Waals surface area contributed by atoms with Crippen molar-refractivity contribution in [1.29, 1.82) is 0 Å². The smallest absolute Gasteiger partial charge is 0.358 e. The van der Waals surface area contributed by atoms with Gasteiger partial charge < -0.3 is 10.1 Å². The van der Waals surface area contributed by atoms with Crippen LogP contribution in [0.5, 0.6) is 0 Å². The van der Waals surface area contributed by atoms with E-state index in [2.05, 4.69) is 15.0 Å². The maximum absolute atomic E-state index is 13.5. The molecule has 0 radical (unpaired) electrons. The van der Waals surface area contributed by atoms with Crippen molar-refractivity contribution in [3.63, 3.8) is 0 Å². The molecular weight excluding hydrogens is 283 g/mol. The summed E-state index contributed by atoms with van der Waals surface area (Å²) in [5.74, 6) is -1.45. The second-order valence-electron chi connectivity index (χ2n) is 3.85. The third kappa shape index (κ3) is 2.83. The zero-order chi connectivity index (χ0) is 14.7. The number of anilines is 2. The third-order valence-corrected chi connectivity index (χ3v) is 3.51. The van der Waals surface area contributed by atoms with Crippen LogP contribution in [0.15, 0.2) is 24.3 Å². The van der Waals surface area contributed by atoms with Crippen molar-refractivity contribution < 1.29 is 18.7 Å². The molecule has 2 rings (SSSR count). The predicted octanol–water partition coefficient (Wildman–Crippen LogP) is 3.02. The number of ketones is 1. The zero-order valence-electron chi connectivity index (χ0n) is 10.8. The second kappa shape index (κ2) is 5.79. The van der Waals surface area contributed by atoms with Crippen molar-refractivity contribution in [2.24, 2.45) is 0 Å². The number of rotatable bonds is 4. The van der Waals surface area contributed by atoms with Gasteiger partial charge in [0.15, 0.2) is 16.6 Å². The van der Waals surface area contributed by atoms with Crippen LogP contribution in [-0.2, 0) is 4.74 Å². The predicted molar refractivity (Wildman–Crippen MR) is 73.1 cm³/mol. The fourth-order valence-corrected chi connectivity index (χ4v) is 2.39. The van der Waals surface area contributed by atoms with E-state index >= 15 is 0 Å². The molecule has 0 spiro atoms. The normalized spacial score (nSPS) is 10.2. The molecule has 0 unspecified atom stereocenters. The van der Waals surface area contributed by atoms with Gasteiger partial charge in [0.1, 0.15) is 10.7 Å². The van der Waals surface area contributed by atoms with E-state index in [1.54, 1.807) is 12.1 Å². The SMILES string of the molecule is COC(=O)c1nc(Nc2ccccc2F)sc1C(C)=O. The molecule has 2 aromatic rings. The number of thiazole rings is 1. The highest BCUT2D eigenvalue weighted by molar-refractivity contribution is 7.17. The number of Topliss-reactive ketones (excluding diaryl/α,β-unsaturated/α-hetero) is 1. The highest BCUT2D eigenvalue weighted by Gasteiger charge is 2.22. The number of nitrogens with zero attached hydrogens (tertiary/aromatic N) is 1. The van der Waals surface area contributed by atoms with Crippen molar-refractivity contribution >= 4 is 33.9 Å². The Morgan fingerprint density at radius 1 is 1.35 bits per heavy atom. The second-order valence-corrected chi connectivity index (χ2v) is 4.85. The Hall–Kier alpha value is -2.28. The third-order valence-electron chi connectivity index (χ3n) is 2.44. The Kier molecular flexibility index (Phi) is 4.09. The van der Waals surface area contributed by atoms with Crippen molar-refractivity contribution in [2.75, 3.05) is 12.4 Å². The lowest BCUT2D eigenvalue weighted by Gasteiger charge is -2.02. The zero-order valence-corrected chi connectivity index (χ0v) is 11.6. The van der Waals surface area contributed by atoms with Crippen LogP contribution in [0, 0.1) is 5.82 Å². The van der Waals surface area contributed by atoms with E-state index < -0.39 is 11.8 Å². The molecule has 104 valence electrons. The summed E-state index contributed by atoms with van der Waals surface area (Å²) in [5.41, 5.74) is 0.150. The van der Waals surface area contributed by atoms with Gasteiger partial charge in [-0.2, -0.15) is 0 Å². The van der Waals surface area contributed by atoms with Crippen molar-refractivity contribution in [3.8, 4) is 0 Å². The molecule has 1 aromatic carbocycles. The molecule has 20 heavy (non-hydrogen) atoms. The van der Waals surface area contributed by atoms with Gasteiger partial charge in [-0.05, 0) is 12.1 Å². The summed E-state index contributed by atoms with van der Waals surface area (Å²) in [6.45, 7) is 1.33. The number of ether oxygens (including phenoxy) is 1. The van der Waals surface area contributed by atoms with Crippen LogP contribution in [0.25, 0.3) is 0 Å². The van der Waals surface area contributed by atoms with Crippen molar-refractivity contribution in [2.45, 2.75) is 6.92 Å². The van der Waals surface area contributed by atoms with Gasteiger partial charge in [0.05, 0.1) is 12.8 Å². The van der Waals surface area contributed by atoms with E-state index in [-0.39, 0.29) is 27.2 Å². The van der Waals surface area contributed by atoms with E-state index in [0.717, 1.165) is 11.3 Å². The van der Waals surface area contributed by atoms with Gasteiger partial charge in [-0.15, -0.1) is 0 Å². The average molecular weight is 294 g/mol. The van der Waals surface area contributed by atoms with Gasteiger partial charge in [-0.3, -0.25) is 4.79 Å². The van der Waals surface area contributed by atoms with E-state index in [0.29, 0.717) is 0 Å². The number of esters is 1. The van der Waals surface area contributed by atoms with Crippen LogP contribution in [0.2, 0.25) is 0 Å². The summed E-state index contributed by atoms with van der Waals surface area (Å²) >= 11 is 0.976. The number of hydrogen-bond donors (Lipinski definition) is 1. The number of aromatic nitrogens is 1. The Morgan fingerprint density at radius 2 is 2.05 bits per heavy atom. The summed E-state index contributed by atoms with van der Waals surface area (Å²) in [4.78, 5) is 27.2. The summed E-state index contributed by atoms with van der Waals surface area (Å²) in [5, 5.41) is 2.99. The van der Waals surface area contributed by atoms with Crippen LogP contribution in [0.3, 0.4) is 0 Å². The van der Waals surface area contributed by atoms with E-state index in [4.69, 9.17) is 0 Å². The largest absolute Gasteiger partial charge is 0.464 e. The Bertz CT molecular complexity index is 669. The highest BCUT2D eigenvalue weighted by Crippen LogP contribution is 2.28. The molecular formula is C13H11FN2O3S. The summed E-state index contributed by atoms with van der Waals surface area (Å²) in [7, 11) is 1.20. The van der Waals surface area contributed by atoms with Gasteiger partial charge in [-0.1, -0.05) is 23.5 Å². The van der Waals surface area contributed by atoms with Crippen LogP contribution < -0.4 is 5.32 Å². The van der Waals surface area contributed by atoms with Crippen LogP contribution in [0.4, 0.5) is 15.2 Å². The first-order valence-corrected chi connectivity index (χ1v) is 6.46. The summed E-state index contributed by atoms with van der Waals surface area (Å²) in [6, 6.07) is 6.04. The summed E-state index contributed by atoms with van der Waals surface area (Å²) in [6.07, 6.45) is 0. The molecule has 1 heterocycles. The van der Waals surface area contributed by atoms with Gasteiger partial charge in [0.2, 0.25) is 0 Å². The molecule has 0 fully saturated rings. The first-order valence-electron chi connectivity index (χ1n) is 5.64. The fourth-order valence-electron chi connectivity index (χ4n) is 1.53. The van der Waals surface area contributed by atoms with E-state index in [1.165, 1.54) is 26.2 Å². The van der Waals surface area contributed by atoms with Crippen LogP contribution >= 0.6 is 11.3 Å². The number of hydrogen-bond acceptors (Lipinski definition) is 6. The average Bonchev–Trinajstić information content (AvgIpc) is 2.85. The number of halogens is 1. The molecule has 0 amide bonds. The van der Waals surface area contributed by atoms with E-state index in [9.17, 15) is 14.0 Å². The van der Waals surface area contributed by atoms with Gasteiger partial charge in [0, 0.05) is 6.92 Å². The van der Waals surface area contributed by atoms with Gasteiger partial charge in [0.25, 0.3) is 0 Å². The standard InChI is InChI=1S/C13H11FN2O3S/c1-7(17)11-10(12(18)19-2)16-13(20-11)15-9-6-4-3-5-8(9)14/h3-6H,1-2H3,(H,15,16). The van der Waals surface area contributed by atoms with E-state index in [1.807, 2.05) is 0 Å². The molecule has 0 aliphatic heterocycles. The molecule has 0 atom stereocenters. The lowest BCUT2D eigenvalue weighted by atomic mass is 10.3. The highest BCUT2D eigenvalue weighted by atomic mass is 32.1. The molecule has 1 N–H and O–H groups in total. The number of nitrogens with one attached hydrogen (secondary N) is 1. The summed E-state index contributed by atoms with van der Waals surface area (Å²) < 4.78 is 18.1. The minimum Gasteiger partial charge on any atom is -0.464 e. The number of carbonyl (C=O) groups is 2. The monoisotopic (exact) mass is 294 g/mol. The van der Waals surface area contributed by atoms with Crippen LogP contribution in [-0.4, -0.2) is 23.8 Å². The number of para-hydroxylation sites is 1. The maximum atomic E-state index is 13.5. The molecule has 5 nitrogen and oxygen atoms in total. The lowest BCUT2D eigenvalue weighted by Crippen LogP contribution is -2.07. The molecule has 0 saturated carbocycles. The molecule has 0 aliphatic carbocycles. The number of methoxy groups -OCH3 is 1. The minimum atomic E-state index is -0.701. The Labute approximate surface area is 118 Å². The van der Waals surface area contributed by atoms with Gasteiger partial charge >= 0.3 is 5.97 Å². The molecule has 0 bridgehead atoms. The topological polar surface area (TPSA) is 68.3 Å². The molecule has 1 aromatic heterocycles. The maximum Gasteiger partial charge on any atom is 0.358 e. The first-order chi connectivity index (χ1) is 9.52. The Morgan fingerprint density at radius 3 is 2.65 bits per heavy atom.